The van der Waals surface area contributed by atoms with Crippen LogP contribution in [0.4, 0.5) is 0 Å². The van der Waals surface area contributed by atoms with Gasteiger partial charge in [-0.3, -0.25) is 4.79 Å². The van der Waals surface area contributed by atoms with E-state index in [9.17, 15) is 4.79 Å². The lowest BCUT2D eigenvalue weighted by Crippen LogP contribution is -2.33. The molecule has 0 aromatic heterocycles. The van der Waals surface area contributed by atoms with E-state index >= 15 is 0 Å². The van der Waals surface area contributed by atoms with Crippen molar-refractivity contribution >= 4 is 5.91 Å². The molecule has 1 aromatic carbocycles. The fourth-order valence-corrected chi connectivity index (χ4v) is 2.30. The van der Waals surface area contributed by atoms with E-state index in [1.807, 2.05) is 24.3 Å². The Kier molecular flexibility index (Phi) is 5.21. The number of carbonyl (C=O) groups is 1. The van der Waals surface area contributed by atoms with E-state index in [1.54, 1.807) is 0 Å². The van der Waals surface area contributed by atoms with Crippen molar-refractivity contribution in [1.82, 2.24) is 5.32 Å². The lowest BCUT2D eigenvalue weighted by Gasteiger charge is -2.22. The maximum atomic E-state index is 10.7. The Hall–Kier alpha value is -1.55. The van der Waals surface area contributed by atoms with E-state index in [0.29, 0.717) is 18.8 Å². The fraction of sp³-hybridized carbons (Fsp3) is 0.533. The van der Waals surface area contributed by atoms with Gasteiger partial charge in [-0.1, -0.05) is 12.1 Å². The second-order valence-corrected chi connectivity index (χ2v) is 5.13. The molecule has 1 fully saturated rings. The third-order valence-corrected chi connectivity index (χ3v) is 3.47. The number of hydrogen-bond acceptors (Lipinski definition) is 3. The number of piperidine rings is 1. The molecule has 2 rings (SSSR count). The van der Waals surface area contributed by atoms with E-state index in [-0.39, 0.29) is 5.91 Å². The number of nitrogens with one attached hydrogen (secondary N) is 1. The van der Waals surface area contributed by atoms with Crippen LogP contribution in [-0.2, 0) is 11.2 Å². The van der Waals surface area contributed by atoms with Crippen LogP contribution in [0.25, 0.3) is 0 Å². The van der Waals surface area contributed by atoms with Crippen LogP contribution in [0, 0.1) is 5.92 Å². The predicted octanol–water partition coefficient (Wildman–Crippen LogP) is 1.48. The maximum absolute atomic E-state index is 10.7. The first-order valence-electron chi connectivity index (χ1n) is 6.95. The van der Waals surface area contributed by atoms with Crippen molar-refractivity contribution in [2.75, 3.05) is 19.7 Å². The summed E-state index contributed by atoms with van der Waals surface area (Å²) in [6.45, 7) is 2.95. The molecule has 0 aliphatic carbocycles. The molecule has 0 radical (unpaired) electrons. The molecular weight excluding hydrogens is 240 g/mol. The summed E-state index contributed by atoms with van der Waals surface area (Å²) >= 11 is 0. The predicted molar refractivity (Wildman–Crippen MR) is 75.0 cm³/mol. The first-order valence-corrected chi connectivity index (χ1v) is 6.95. The molecule has 3 N–H and O–H groups in total. The summed E-state index contributed by atoms with van der Waals surface area (Å²) in [6.07, 6.45) is 3.57. The van der Waals surface area contributed by atoms with Crippen molar-refractivity contribution in [2.45, 2.75) is 25.7 Å². The van der Waals surface area contributed by atoms with Gasteiger partial charge in [-0.05, 0) is 43.5 Å². The molecule has 0 bridgehead atoms. The second-order valence-electron chi connectivity index (χ2n) is 5.13. The summed E-state index contributed by atoms with van der Waals surface area (Å²) in [6, 6.07) is 7.92. The second kappa shape index (κ2) is 7.14. The number of nitrogens with two attached hydrogens (primary N) is 1. The van der Waals surface area contributed by atoms with E-state index in [1.165, 1.54) is 12.8 Å². The van der Waals surface area contributed by atoms with Crippen molar-refractivity contribution < 1.29 is 9.53 Å². The van der Waals surface area contributed by atoms with Gasteiger partial charge < -0.3 is 15.8 Å². The zero-order valence-corrected chi connectivity index (χ0v) is 11.2. The van der Waals surface area contributed by atoms with Crippen molar-refractivity contribution in [3.05, 3.63) is 29.8 Å². The van der Waals surface area contributed by atoms with Crippen molar-refractivity contribution in [3.63, 3.8) is 0 Å². The van der Waals surface area contributed by atoms with Crippen molar-refractivity contribution in [1.29, 1.82) is 0 Å². The van der Waals surface area contributed by atoms with Gasteiger partial charge in [0.1, 0.15) is 5.75 Å². The van der Waals surface area contributed by atoms with Crippen LogP contribution in [0.3, 0.4) is 0 Å². The summed E-state index contributed by atoms with van der Waals surface area (Å²) < 4.78 is 5.79. The molecular formula is C15H22N2O2. The van der Waals surface area contributed by atoms with Gasteiger partial charge in [0.15, 0.2) is 0 Å². The summed E-state index contributed by atoms with van der Waals surface area (Å²) in [4.78, 5) is 10.7. The van der Waals surface area contributed by atoms with Gasteiger partial charge in [0.25, 0.3) is 0 Å². The quantitative estimate of drug-likeness (QED) is 0.816. The summed E-state index contributed by atoms with van der Waals surface area (Å²) in [5.41, 5.74) is 6.25. The average molecular weight is 262 g/mol. The standard InChI is InChI=1S/C15H22N2O2/c16-15(18)8-5-12-3-6-14(7-4-12)19-11-13-2-1-9-17-10-13/h3-4,6-7,13,17H,1-2,5,8-11H2,(H2,16,18). The molecule has 19 heavy (non-hydrogen) atoms. The smallest absolute Gasteiger partial charge is 0.217 e. The van der Waals surface area contributed by atoms with Crippen LogP contribution >= 0.6 is 0 Å². The monoisotopic (exact) mass is 262 g/mol. The normalized spacial score (nSPS) is 19.1. The van der Waals surface area contributed by atoms with Crippen LogP contribution < -0.4 is 15.8 Å². The number of ether oxygens (including phenoxy) is 1. The van der Waals surface area contributed by atoms with Crippen LogP contribution in [0.5, 0.6) is 5.75 Å². The average Bonchev–Trinajstić information content (AvgIpc) is 2.45. The molecule has 1 aromatic rings. The van der Waals surface area contributed by atoms with Crippen molar-refractivity contribution in [3.8, 4) is 5.75 Å². The Morgan fingerprint density at radius 1 is 1.37 bits per heavy atom. The summed E-state index contributed by atoms with van der Waals surface area (Å²) in [5, 5.41) is 3.38. The van der Waals surface area contributed by atoms with Gasteiger partial charge in [0, 0.05) is 18.9 Å². The minimum Gasteiger partial charge on any atom is -0.493 e. The SMILES string of the molecule is NC(=O)CCc1ccc(OCC2CCCNC2)cc1. The third-order valence-electron chi connectivity index (χ3n) is 3.47. The van der Waals surface area contributed by atoms with Gasteiger partial charge in [-0.15, -0.1) is 0 Å². The molecule has 1 heterocycles. The minimum absolute atomic E-state index is 0.259. The Labute approximate surface area is 114 Å². The highest BCUT2D eigenvalue weighted by Crippen LogP contribution is 2.16. The zero-order valence-electron chi connectivity index (χ0n) is 11.2. The molecule has 1 amide bonds. The van der Waals surface area contributed by atoms with E-state index in [2.05, 4.69) is 5.32 Å². The number of carbonyl (C=O) groups excluding carboxylic acids is 1. The minimum atomic E-state index is -0.259. The van der Waals surface area contributed by atoms with Crippen LogP contribution in [-0.4, -0.2) is 25.6 Å². The molecule has 1 atom stereocenters. The van der Waals surface area contributed by atoms with E-state index in [0.717, 1.165) is 31.0 Å². The first-order chi connectivity index (χ1) is 9.24. The Balaban J connectivity index is 1.76. The highest BCUT2D eigenvalue weighted by Gasteiger charge is 2.13. The van der Waals surface area contributed by atoms with Gasteiger partial charge in [-0.2, -0.15) is 0 Å². The molecule has 0 spiro atoms. The zero-order chi connectivity index (χ0) is 13.5. The Bertz CT molecular complexity index is 397. The maximum Gasteiger partial charge on any atom is 0.217 e. The largest absolute Gasteiger partial charge is 0.493 e. The summed E-state index contributed by atoms with van der Waals surface area (Å²) in [7, 11) is 0. The van der Waals surface area contributed by atoms with Crippen molar-refractivity contribution in [2.24, 2.45) is 11.7 Å². The highest BCUT2D eigenvalue weighted by molar-refractivity contribution is 5.74. The molecule has 1 aliphatic rings. The fourth-order valence-electron chi connectivity index (χ4n) is 2.30. The Morgan fingerprint density at radius 2 is 2.16 bits per heavy atom. The molecule has 0 saturated carbocycles. The lowest BCUT2D eigenvalue weighted by molar-refractivity contribution is -0.117. The number of benzene rings is 1. The molecule has 1 saturated heterocycles. The first kappa shape index (κ1) is 13.9. The topological polar surface area (TPSA) is 64.4 Å². The third kappa shape index (κ3) is 4.91. The van der Waals surface area contributed by atoms with E-state index < -0.39 is 0 Å². The van der Waals surface area contributed by atoms with Gasteiger partial charge in [0.2, 0.25) is 5.91 Å². The number of primary amides is 1. The summed E-state index contributed by atoms with van der Waals surface area (Å²) in [5.74, 6) is 1.25. The number of hydrogen-bond donors (Lipinski definition) is 2. The van der Waals surface area contributed by atoms with E-state index in [4.69, 9.17) is 10.5 Å². The van der Waals surface area contributed by atoms with Gasteiger partial charge in [-0.25, -0.2) is 0 Å². The highest BCUT2D eigenvalue weighted by atomic mass is 16.5. The van der Waals surface area contributed by atoms with Gasteiger partial charge in [0.05, 0.1) is 6.61 Å². The molecule has 4 nitrogen and oxygen atoms in total. The number of aryl methyl sites for hydroxylation is 1. The lowest BCUT2D eigenvalue weighted by atomic mass is 10.0. The molecule has 1 unspecified atom stereocenters. The molecule has 104 valence electrons. The van der Waals surface area contributed by atoms with Gasteiger partial charge >= 0.3 is 0 Å². The van der Waals surface area contributed by atoms with Crippen LogP contribution in [0.1, 0.15) is 24.8 Å². The number of amides is 1. The van der Waals surface area contributed by atoms with Crippen LogP contribution in [0.2, 0.25) is 0 Å². The Morgan fingerprint density at radius 3 is 2.79 bits per heavy atom. The number of rotatable bonds is 6. The molecule has 4 heteroatoms. The van der Waals surface area contributed by atoms with Crippen LogP contribution in [0.15, 0.2) is 24.3 Å². The molecule has 1 aliphatic heterocycles.